The summed E-state index contributed by atoms with van der Waals surface area (Å²) >= 11 is 0. The van der Waals surface area contributed by atoms with Crippen molar-refractivity contribution in [3.63, 3.8) is 0 Å². The quantitative estimate of drug-likeness (QED) is 0.256. The maximum Gasteiger partial charge on any atom is 0.344 e. The van der Waals surface area contributed by atoms with E-state index in [1.807, 2.05) is 50.2 Å². The molecule has 7 rings (SSSR count). The maximum atomic E-state index is 12.7. The van der Waals surface area contributed by atoms with Gasteiger partial charge in [-0.25, -0.2) is 9.59 Å². The number of ether oxygens (including phenoxy) is 3. The molecule has 0 spiro atoms. The molecule has 0 atom stereocenters. The predicted molar refractivity (Wildman–Crippen MR) is 159 cm³/mol. The molecule has 0 aliphatic heterocycles. The van der Waals surface area contributed by atoms with Crippen LogP contribution in [0, 0.1) is 37.5 Å². The van der Waals surface area contributed by atoms with Crippen LogP contribution < -0.4 is 9.64 Å². The molecule has 4 aliphatic carbocycles. The van der Waals surface area contributed by atoms with Crippen molar-refractivity contribution in [1.82, 2.24) is 0 Å². The maximum absolute atomic E-state index is 12.7. The number of hydrogen-bond donors (Lipinski definition) is 0. The van der Waals surface area contributed by atoms with Crippen LogP contribution in [0.4, 0.5) is 17.1 Å². The molecule has 4 bridgehead atoms. The molecular weight excluding hydrogens is 514 g/mol. The Balaban J connectivity index is 1.07. The Hall–Kier alpha value is -3.80. The van der Waals surface area contributed by atoms with Crippen LogP contribution in [-0.4, -0.2) is 30.8 Å². The van der Waals surface area contributed by atoms with Crippen LogP contribution >= 0.6 is 0 Å². The molecule has 3 aromatic rings. The third-order valence-electron chi connectivity index (χ3n) is 9.51. The normalized spacial score (nSPS) is 25.9. The smallest absolute Gasteiger partial charge is 0.344 e. The van der Waals surface area contributed by atoms with Crippen molar-refractivity contribution in [2.75, 3.05) is 18.1 Å². The lowest BCUT2D eigenvalue weighted by atomic mass is 9.50. The topological polar surface area (TPSA) is 65.1 Å². The van der Waals surface area contributed by atoms with Gasteiger partial charge in [0.05, 0.1) is 0 Å². The summed E-state index contributed by atoms with van der Waals surface area (Å²) in [5, 5.41) is 0. The summed E-state index contributed by atoms with van der Waals surface area (Å²) in [7, 11) is 0. The largest absolute Gasteiger partial charge is 0.481 e. The highest BCUT2D eigenvalue weighted by atomic mass is 16.6. The van der Waals surface area contributed by atoms with Crippen molar-refractivity contribution >= 4 is 29.0 Å². The second-order valence-corrected chi connectivity index (χ2v) is 12.3. The van der Waals surface area contributed by atoms with Gasteiger partial charge in [-0.3, -0.25) is 0 Å². The first kappa shape index (κ1) is 27.4. The number of para-hydroxylation sites is 2. The van der Waals surface area contributed by atoms with Crippen molar-refractivity contribution in [2.45, 2.75) is 58.5 Å². The molecule has 6 nitrogen and oxygen atoms in total. The first-order chi connectivity index (χ1) is 19.8. The molecule has 6 heteroatoms. The summed E-state index contributed by atoms with van der Waals surface area (Å²) in [6.45, 7) is 5.36. The number of nitrogens with zero attached hydrogens (tertiary/aromatic N) is 1. The highest BCUT2D eigenvalue weighted by Gasteiger charge is 2.57. The average Bonchev–Trinajstić information content (AvgIpc) is 2.95. The molecular formula is C35H39NO5. The van der Waals surface area contributed by atoms with Crippen LogP contribution in [-0.2, 0) is 19.1 Å². The predicted octanol–water partition coefficient (Wildman–Crippen LogP) is 7.45. The van der Waals surface area contributed by atoms with E-state index in [2.05, 4.69) is 48.2 Å². The third-order valence-corrected chi connectivity index (χ3v) is 9.51. The number of carbonyl (C=O) groups is 2. The second-order valence-electron chi connectivity index (χ2n) is 12.3. The van der Waals surface area contributed by atoms with Gasteiger partial charge >= 0.3 is 11.9 Å². The van der Waals surface area contributed by atoms with Crippen LogP contribution in [0.3, 0.4) is 0 Å². The Morgan fingerprint density at radius 2 is 1.24 bits per heavy atom. The Labute approximate surface area is 242 Å². The molecule has 3 aromatic carbocycles. The molecule has 0 heterocycles. The second kappa shape index (κ2) is 11.2. The van der Waals surface area contributed by atoms with Crippen LogP contribution in [0.2, 0.25) is 0 Å². The highest BCUT2D eigenvalue weighted by molar-refractivity contribution is 5.79. The Morgan fingerprint density at radius 1 is 0.732 bits per heavy atom. The minimum atomic E-state index is -0.588. The van der Waals surface area contributed by atoms with E-state index in [0.29, 0.717) is 17.6 Å². The van der Waals surface area contributed by atoms with Gasteiger partial charge in [0.25, 0.3) is 0 Å². The summed E-state index contributed by atoms with van der Waals surface area (Å²) in [6, 6.07) is 24.5. The van der Waals surface area contributed by atoms with Crippen molar-refractivity contribution in [1.29, 1.82) is 0 Å². The standard InChI is InChI=1S/C35H39NO5/c1-23-14-31(36(29-10-6-4-7-11-29)30-12-8-5-9-13-30)15-24(2)34(23)40-21-32(37)39-22-33(38)41-35(3)27-17-25-16-26(19-27)20-28(35)18-25/h4-15,25-28H,16-22H2,1-3H3. The lowest BCUT2D eigenvalue weighted by Gasteiger charge is -2.59. The van der Waals surface area contributed by atoms with Gasteiger partial charge in [0, 0.05) is 17.1 Å². The summed E-state index contributed by atoms with van der Waals surface area (Å²) in [6.07, 6.45) is 5.94. The van der Waals surface area contributed by atoms with Crippen molar-refractivity contribution < 1.29 is 23.8 Å². The van der Waals surface area contributed by atoms with E-state index >= 15 is 0 Å². The molecule has 4 aliphatic rings. The summed E-state index contributed by atoms with van der Waals surface area (Å²) in [5.74, 6) is 2.02. The zero-order valence-electron chi connectivity index (χ0n) is 24.2. The summed E-state index contributed by atoms with van der Waals surface area (Å²) in [5.41, 5.74) is 4.45. The van der Waals surface area contributed by atoms with E-state index in [-0.39, 0.29) is 13.2 Å². The molecule has 0 amide bonds. The van der Waals surface area contributed by atoms with Crippen molar-refractivity contribution in [2.24, 2.45) is 23.7 Å². The van der Waals surface area contributed by atoms with Gasteiger partial charge < -0.3 is 19.1 Å². The SMILES string of the molecule is Cc1cc(N(c2ccccc2)c2ccccc2)cc(C)c1OCC(=O)OCC(=O)OC1(C)C2CC3CC(C2)CC1C3. The molecule has 214 valence electrons. The number of aryl methyl sites for hydroxylation is 2. The van der Waals surface area contributed by atoms with E-state index in [1.165, 1.54) is 6.42 Å². The van der Waals surface area contributed by atoms with Crippen LogP contribution in [0.1, 0.15) is 50.2 Å². The fourth-order valence-corrected chi connectivity index (χ4v) is 7.76. The van der Waals surface area contributed by atoms with Crippen molar-refractivity contribution in [3.8, 4) is 5.75 Å². The Bertz CT molecular complexity index is 1310. The molecule has 0 radical (unpaired) electrons. The lowest BCUT2D eigenvalue weighted by molar-refractivity contribution is -0.207. The summed E-state index contributed by atoms with van der Waals surface area (Å²) < 4.78 is 17.2. The zero-order valence-corrected chi connectivity index (χ0v) is 24.2. The van der Waals surface area contributed by atoms with Gasteiger partial charge in [0.15, 0.2) is 13.2 Å². The van der Waals surface area contributed by atoms with Gasteiger partial charge in [-0.1, -0.05) is 36.4 Å². The number of esters is 2. The molecule has 4 saturated carbocycles. The Morgan fingerprint density at radius 3 is 1.76 bits per heavy atom. The monoisotopic (exact) mass is 553 g/mol. The fraction of sp³-hybridized carbons (Fsp3) is 0.429. The van der Waals surface area contributed by atoms with E-state index < -0.39 is 17.5 Å². The van der Waals surface area contributed by atoms with Crippen LogP contribution in [0.15, 0.2) is 72.8 Å². The lowest BCUT2D eigenvalue weighted by Crippen LogP contribution is -2.58. The molecule has 0 N–H and O–H groups in total. The third kappa shape index (κ3) is 5.57. The number of hydrogen-bond acceptors (Lipinski definition) is 6. The molecule has 0 saturated heterocycles. The molecule has 41 heavy (non-hydrogen) atoms. The van der Waals surface area contributed by atoms with E-state index in [4.69, 9.17) is 14.2 Å². The van der Waals surface area contributed by atoms with Gasteiger partial charge in [-0.2, -0.15) is 0 Å². The van der Waals surface area contributed by atoms with Gasteiger partial charge in [0.2, 0.25) is 0 Å². The first-order valence-corrected chi connectivity index (χ1v) is 14.8. The minimum absolute atomic E-state index is 0.277. The zero-order chi connectivity index (χ0) is 28.6. The number of carbonyl (C=O) groups excluding carboxylic acids is 2. The minimum Gasteiger partial charge on any atom is -0.481 e. The fourth-order valence-electron chi connectivity index (χ4n) is 7.76. The average molecular weight is 554 g/mol. The van der Waals surface area contributed by atoms with Gasteiger partial charge in [-0.05, 0) is 124 Å². The first-order valence-electron chi connectivity index (χ1n) is 14.8. The summed E-state index contributed by atoms with van der Waals surface area (Å²) in [4.78, 5) is 27.4. The number of rotatable bonds is 9. The molecule has 0 aromatic heterocycles. The number of anilines is 3. The number of benzene rings is 3. The molecule has 4 fully saturated rings. The van der Waals surface area contributed by atoms with E-state index in [0.717, 1.165) is 65.7 Å². The van der Waals surface area contributed by atoms with Crippen LogP contribution in [0.5, 0.6) is 5.75 Å². The van der Waals surface area contributed by atoms with E-state index in [9.17, 15) is 9.59 Å². The van der Waals surface area contributed by atoms with E-state index in [1.54, 1.807) is 0 Å². The van der Waals surface area contributed by atoms with Crippen molar-refractivity contribution in [3.05, 3.63) is 83.9 Å². The Kier molecular flexibility index (Phi) is 7.50. The highest BCUT2D eigenvalue weighted by Crippen LogP contribution is 2.59. The van der Waals surface area contributed by atoms with Gasteiger partial charge in [-0.15, -0.1) is 0 Å². The van der Waals surface area contributed by atoms with Gasteiger partial charge in [0.1, 0.15) is 11.4 Å². The molecule has 0 unspecified atom stereocenters. The van der Waals surface area contributed by atoms with Crippen LogP contribution in [0.25, 0.3) is 0 Å².